The van der Waals surface area contributed by atoms with Crippen LogP contribution in [0.15, 0.2) is 0 Å². The average molecular weight is 263 g/mol. The van der Waals surface area contributed by atoms with Crippen LogP contribution in [0.5, 0.6) is 0 Å². The van der Waals surface area contributed by atoms with Gasteiger partial charge in [0.1, 0.15) is 17.3 Å². The zero-order valence-corrected chi connectivity index (χ0v) is 11.5. The maximum Gasteiger partial charge on any atom is 0.320 e. The van der Waals surface area contributed by atoms with Crippen molar-refractivity contribution in [1.29, 1.82) is 0 Å². The summed E-state index contributed by atoms with van der Waals surface area (Å²) in [5, 5.41) is 11.4. The summed E-state index contributed by atoms with van der Waals surface area (Å²) in [7, 11) is 0. The first-order valence-electron chi connectivity index (χ1n) is 5.78. The molecule has 0 amide bonds. The highest BCUT2D eigenvalue weighted by Crippen LogP contribution is 2.16. The maximum atomic E-state index is 13.4. The molecule has 6 heteroatoms. The number of carboxylic acid groups (broad SMARTS) is 1. The zero-order chi connectivity index (χ0) is 14.6. The Morgan fingerprint density at radius 1 is 1.28 bits per heavy atom. The first-order valence-corrected chi connectivity index (χ1v) is 5.78. The average Bonchev–Trinajstić information content (AvgIpc) is 2.06. The van der Waals surface area contributed by atoms with Crippen molar-refractivity contribution in [3.8, 4) is 0 Å². The second-order valence-electron chi connectivity index (χ2n) is 5.78. The summed E-state index contributed by atoms with van der Waals surface area (Å²) in [5.41, 5.74) is -2.25. The van der Waals surface area contributed by atoms with Crippen LogP contribution in [0.4, 0.5) is 4.39 Å². The van der Waals surface area contributed by atoms with Crippen LogP contribution < -0.4 is 5.32 Å². The smallest absolute Gasteiger partial charge is 0.320 e. The summed E-state index contributed by atoms with van der Waals surface area (Å²) in [4.78, 5) is 22.3. The van der Waals surface area contributed by atoms with E-state index in [4.69, 9.17) is 9.84 Å². The number of carbonyl (C=O) groups is 2. The van der Waals surface area contributed by atoms with E-state index >= 15 is 0 Å². The summed E-state index contributed by atoms with van der Waals surface area (Å²) < 4.78 is 18.4. The van der Waals surface area contributed by atoms with E-state index in [1.54, 1.807) is 20.8 Å². The quantitative estimate of drug-likeness (QED) is 0.710. The van der Waals surface area contributed by atoms with E-state index in [9.17, 15) is 14.0 Å². The number of alkyl halides is 1. The van der Waals surface area contributed by atoms with Crippen molar-refractivity contribution in [1.82, 2.24) is 5.32 Å². The lowest BCUT2D eigenvalue weighted by Gasteiger charge is -2.23. The third-order valence-corrected chi connectivity index (χ3v) is 1.90. The van der Waals surface area contributed by atoms with Crippen LogP contribution in [0.25, 0.3) is 0 Å². The van der Waals surface area contributed by atoms with Crippen molar-refractivity contribution in [2.24, 2.45) is 0 Å². The van der Waals surface area contributed by atoms with E-state index in [0.29, 0.717) is 0 Å². The Morgan fingerprint density at radius 3 is 2.11 bits per heavy atom. The Hall–Kier alpha value is -1.17. The number of carboxylic acids is 1. The number of hydrogen-bond acceptors (Lipinski definition) is 4. The number of aliphatic carboxylic acids is 1. The first-order chi connectivity index (χ1) is 7.91. The molecule has 1 unspecified atom stereocenters. The fourth-order valence-corrected chi connectivity index (χ4v) is 1.32. The van der Waals surface area contributed by atoms with Crippen molar-refractivity contribution in [3.05, 3.63) is 0 Å². The summed E-state index contributed by atoms with van der Waals surface area (Å²) in [6.45, 7) is 7.46. The molecule has 0 heterocycles. The Balaban J connectivity index is 4.29. The minimum absolute atomic E-state index is 0.217. The van der Waals surface area contributed by atoms with E-state index in [0.717, 1.165) is 0 Å². The van der Waals surface area contributed by atoms with Gasteiger partial charge in [0.15, 0.2) is 0 Å². The van der Waals surface area contributed by atoms with Gasteiger partial charge in [-0.1, -0.05) is 0 Å². The Labute approximate surface area is 107 Å². The monoisotopic (exact) mass is 263 g/mol. The van der Waals surface area contributed by atoms with Crippen molar-refractivity contribution in [2.45, 2.75) is 58.4 Å². The van der Waals surface area contributed by atoms with E-state index in [2.05, 4.69) is 5.32 Å². The van der Waals surface area contributed by atoms with Gasteiger partial charge in [-0.15, -0.1) is 0 Å². The molecule has 0 radical (unpaired) electrons. The number of rotatable bonds is 6. The van der Waals surface area contributed by atoms with Gasteiger partial charge in [-0.2, -0.15) is 0 Å². The molecular formula is C12H22FNO4. The van der Waals surface area contributed by atoms with Gasteiger partial charge in [0.05, 0.1) is 6.54 Å². The molecular weight excluding hydrogens is 241 g/mol. The Kier molecular flexibility index (Phi) is 5.73. The molecule has 106 valence electrons. The lowest BCUT2D eigenvalue weighted by molar-refractivity contribution is -0.154. The van der Waals surface area contributed by atoms with Crippen LogP contribution >= 0.6 is 0 Å². The highest BCUT2D eigenvalue weighted by atomic mass is 19.1. The minimum Gasteiger partial charge on any atom is -0.480 e. The molecule has 18 heavy (non-hydrogen) atoms. The fraction of sp³-hybridized carbons (Fsp3) is 0.833. The maximum absolute atomic E-state index is 13.4. The molecule has 0 aromatic carbocycles. The van der Waals surface area contributed by atoms with Gasteiger partial charge in [0, 0.05) is 6.42 Å². The number of nitrogens with one attached hydrogen (secondary N) is 1. The van der Waals surface area contributed by atoms with E-state index in [1.807, 2.05) is 0 Å². The predicted molar refractivity (Wildman–Crippen MR) is 65.1 cm³/mol. The highest BCUT2D eigenvalue weighted by Gasteiger charge is 2.28. The molecule has 0 saturated heterocycles. The number of ether oxygens (including phenoxy) is 1. The van der Waals surface area contributed by atoms with Gasteiger partial charge in [-0.3, -0.25) is 14.9 Å². The minimum atomic E-state index is -1.62. The summed E-state index contributed by atoms with van der Waals surface area (Å²) in [6.07, 6.45) is -0.217. The molecule has 2 N–H and O–H groups in total. The normalized spacial score (nSPS) is 14.1. The van der Waals surface area contributed by atoms with Crippen molar-refractivity contribution in [2.75, 3.05) is 6.54 Å². The SMILES string of the molecule is CC(C)(F)CC(NCC(=O)OC(C)(C)C)C(=O)O. The molecule has 0 saturated carbocycles. The molecule has 0 fully saturated rings. The van der Waals surface area contributed by atoms with E-state index < -0.39 is 29.3 Å². The number of esters is 1. The van der Waals surface area contributed by atoms with Crippen molar-refractivity contribution >= 4 is 11.9 Å². The Bertz CT molecular complexity index is 304. The molecule has 0 spiro atoms. The third kappa shape index (κ3) is 8.92. The molecule has 0 aliphatic heterocycles. The van der Waals surface area contributed by atoms with E-state index in [-0.39, 0.29) is 13.0 Å². The van der Waals surface area contributed by atoms with E-state index in [1.165, 1.54) is 13.8 Å². The standard InChI is InChI=1S/C12H22FNO4/c1-11(2,3)18-9(15)7-14-8(10(16)17)6-12(4,5)13/h8,14H,6-7H2,1-5H3,(H,16,17). The van der Waals surface area contributed by atoms with Crippen molar-refractivity contribution in [3.63, 3.8) is 0 Å². The number of halogens is 1. The molecule has 0 aliphatic carbocycles. The van der Waals surface area contributed by atoms with Crippen LogP contribution in [0.3, 0.4) is 0 Å². The molecule has 0 bridgehead atoms. The van der Waals surface area contributed by atoms with Crippen LogP contribution in [0.1, 0.15) is 41.0 Å². The fourth-order valence-electron chi connectivity index (χ4n) is 1.32. The second-order valence-corrected chi connectivity index (χ2v) is 5.78. The topological polar surface area (TPSA) is 75.6 Å². The summed E-state index contributed by atoms with van der Waals surface area (Å²) >= 11 is 0. The lowest BCUT2D eigenvalue weighted by Crippen LogP contribution is -2.44. The van der Waals surface area contributed by atoms with Gasteiger partial charge in [-0.05, 0) is 34.6 Å². The van der Waals surface area contributed by atoms with Gasteiger partial charge in [0.2, 0.25) is 0 Å². The van der Waals surface area contributed by atoms with Crippen LogP contribution in [0.2, 0.25) is 0 Å². The van der Waals surface area contributed by atoms with Gasteiger partial charge < -0.3 is 9.84 Å². The first kappa shape index (κ1) is 16.8. The van der Waals surface area contributed by atoms with Crippen LogP contribution in [-0.2, 0) is 14.3 Å². The Morgan fingerprint density at radius 2 is 1.78 bits per heavy atom. The zero-order valence-electron chi connectivity index (χ0n) is 11.5. The van der Waals surface area contributed by atoms with Crippen LogP contribution in [0, 0.1) is 0 Å². The largest absolute Gasteiger partial charge is 0.480 e. The molecule has 0 aromatic rings. The molecule has 0 aromatic heterocycles. The van der Waals surface area contributed by atoms with Crippen LogP contribution in [-0.4, -0.2) is 40.9 Å². The van der Waals surface area contributed by atoms with Crippen molar-refractivity contribution < 1.29 is 23.8 Å². The van der Waals surface area contributed by atoms with Gasteiger partial charge in [-0.25, -0.2) is 4.39 Å². The van der Waals surface area contributed by atoms with Gasteiger partial charge in [0.25, 0.3) is 0 Å². The lowest BCUT2D eigenvalue weighted by atomic mass is 10.0. The third-order valence-electron chi connectivity index (χ3n) is 1.90. The number of hydrogen-bond donors (Lipinski definition) is 2. The predicted octanol–water partition coefficient (Wildman–Crippen LogP) is 1.51. The molecule has 0 rings (SSSR count). The summed E-state index contributed by atoms with van der Waals surface area (Å²) in [6, 6.07) is -1.11. The molecule has 0 aliphatic rings. The van der Waals surface area contributed by atoms with Gasteiger partial charge >= 0.3 is 11.9 Å². The molecule has 5 nitrogen and oxygen atoms in total. The molecule has 1 atom stereocenters. The summed E-state index contributed by atoms with van der Waals surface area (Å²) in [5.74, 6) is -1.75. The second kappa shape index (κ2) is 6.13. The number of carbonyl (C=O) groups excluding carboxylic acids is 1. The highest BCUT2D eigenvalue weighted by molar-refractivity contribution is 5.76.